The van der Waals surface area contributed by atoms with E-state index in [1.165, 1.54) is 17.0 Å². The Kier molecular flexibility index (Phi) is 7.17. The smallest absolute Gasteiger partial charge is 0.295 e. The normalized spacial score (nSPS) is 17.5. The Morgan fingerprint density at radius 2 is 1.74 bits per heavy atom. The van der Waals surface area contributed by atoms with E-state index in [9.17, 15) is 19.1 Å². The molecule has 1 saturated heterocycles. The largest absolute Gasteiger partial charge is 0.507 e. The van der Waals surface area contributed by atoms with Gasteiger partial charge in [0.1, 0.15) is 17.3 Å². The summed E-state index contributed by atoms with van der Waals surface area (Å²) in [5.41, 5.74) is 0.814. The van der Waals surface area contributed by atoms with E-state index >= 15 is 0 Å². The van der Waals surface area contributed by atoms with Gasteiger partial charge in [0, 0.05) is 18.7 Å². The first-order valence-electron chi connectivity index (χ1n) is 11.7. The van der Waals surface area contributed by atoms with E-state index in [2.05, 4.69) is 4.90 Å². The first-order valence-corrected chi connectivity index (χ1v) is 11.7. The average molecular weight is 477 g/mol. The fraction of sp³-hybridized carbons (Fsp3) is 0.286. The zero-order chi connectivity index (χ0) is 25.1. The molecule has 1 unspecified atom stereocenters. The lowest BCUT2D eigenvalue weighted by Crippen LogP contribution is -2.38. The molecule has 0 aliphatic carbocycles. The van der Waals surface area contributed by atoms with Crippen LogP contribution in [0.4, 0.5) is 4.39 Å². The van der Waals surface area contributed by atoms with E-state index in [4.69, 9.17) is 4.74 Å². The van der Waals surface area contributed by atoms with Gasteiger partial charge >= 0.3 is 0 Å². The van der Waals surface area contributed by atoms with Gasteiger partial charge in [-0.2, -0.15) is 0 Å². The van der Waals surface area contributed by atoms with E-state index in [-0.39, 0.29) is 17.9 Å². The first kappa shape index (κ1) is 24.4. The SMILES string of the molecule is CCN(CC)CCN1C(=O)C(=O)/C(=C(/O)c2ccc3cc(OC)ccc3c2)C1c1cccc(F)c1. The highest BCUT2D eigenvalue weighted by Gasteiger charge is 2.46. The molecule has 1 amide bonds. The van der Waals surface area contributed by atoms with E-state index in [1.54, 1.807) is 31.4 Å². The van der Waals surface area contributed by atoms with Crippen molar-refractivity contribution in [2.75, 3.05) is 33.3 Å². The Morgan fingerprint density at radius 1 is 1.03 bits per heavy atom. The summed E-state index contributed by atoms with van der Waals surface area (Å²) in [4.78, 5) is 29.9. The molecule has 1 heterocycles. The van der Waals surface area contributed by atoms with Gasteiger partial charge in [-0.15, -0.1) is 0 Å². The number of carbonyl (C=O) groups excluding carboxylic acids is 2. The Bertz CT molecular complexity index is 1300. The van der Waals surface area contributed by atoms with Crippen molar-refractivity contribution in [3.05, 3.63) is 83.2 Å². The van der Waals surface area contributed by atoms with E-state index in [1.807, 2.05) is 38.1 Å². The van der Waals surface area contributed by atoms with Crippen LogP contribution in [0.2, 0.25) is 0 Å². The second-order valence-electron chi connectivity index (χ2n) is 8.50. The van der Waals surface area contributed by atoms with Crippen molar-refractivity contribution < 1.29 is 23.8 Å². The van der Waals surface area contributed by atoms with Crippen LogP contribution in [0.15, 0.2) is 66.2 Å². The van der Waals surface area contributed by atoms with Crippen molar-refractivity contribution in [3.63, 3.8) is 0 Å². The van der Waals surface area contributed by atoms with Gasteiger partial charge in [0.2, 0.25) is 0 Å². The molecule has 7 heteroatoms. The molecule has 1 aliphatic rings. The summed E-state index contributed by atoms with van der Waals surface area (Å²) < 4.78 is 19.4. The molecule has 3 aromatic carbocycles. The van der Waals surface area contributed by atoms with Crippen molar-refractivity contribution in [1.82, 2.24) is 9.80 Å². The van der Waals surface area contributed by atoms with E-state index in [0.717, 1.165) is 23.9 Å². The van der Waals surface area contributed by atoms with Gasteiger partial charge in [0.15, 0.2) is 0 Å². The van der Waals surface area contributed by atoms with Crippen LogP contribution in [-0.2, 0) is 9.59 Å². The molecule has 1 atom stereocenters. The summed E-state index contributed by atoms with van der Waals surface area (Å²) in [6, 6.07) is 15.8. The van der Waals surface area contributed by atoms with Crippen LogP contribution in [-0.4, -0.2) is 59.9 Å². The number of methoxy groups -OCH3 is 1. The number of hydrogen-bond acceptors (Lipinski definition) is 5. The predicted molar refractivity (Wildman–Crippen MR) is 134 cm³/mol. The van der Waals surface area contributed by atoms with Gasteiger partial charge in [-0.05, 0) is 59.8 Å². The number of nitrogens with zero attached hydrogens (tertiary/aromatic N) is 2. The number of ether oxygens (including phenoxy) is 1. The van der Waals surface area contributed by atoms with Gasteiger partial charge in [0.25, 0.3) is 11.7 Å². The monoisotopic (exact) mass is 476 g/mol. The molecule has 35 heavy (non-hydrogen) atoms. The standard InChI is InChI=1S/C28H29FN2O4/c1-4-30(5-2)13-14-31-25(20-7-6-8-22(29)16-20)24(27(33)28(31)34)26(32)21-10-9-19-17-23(35-3)12-11-18(19)15-21/h6-12,15-17,25,32H,4-5,13-14H2,1-3H3/b26-24+. The minimum Gasteiger partial charge on any atom is -0.507 e. The number of aliphatic hydroxyl groups is 1. The Labute approximate surface area is 204 Å². The summed E-state index contributed by atoms with van der Waals surface area (Å²) in [6.45, 7) is 6.49. The van der Waals surface area contributed by atoms with Crippen molar-refractivity contribution in [2.24, 2.45) is 0 Å². The Morgan fingerprint density at radius 3 is 2.43 bits per heavy atom. The van der Waals surface area contributed by atoms with Crippen LogP contribution >= 0.6 is 0 Å². The number of aliphatic hydroxyl groups excluding tert-OH is 1. The molecule has 0 bridgehead atoms. The summed E-state index contributed by atoms with van der Waals surface area (Å²) in [7, 11) is 1.59. The second kappa shape index (κ2) is 10.3. The number of amides is 1. The lowest BCUT2D eigenvalue weighted by molar-refractivity contribution is -0.140. The highest BCUT2D eigenvalue weighted by molar-refractivity contribution is 6.46. The molecule has 182 valence electrons. The van der Waals surface area contributed by atoms with Crippen LogP contribution < -0.4 is 4.74 Å². The number of Topliss-reactive ketones (excluding diaryl/α,β-unsaturated/α-hetero) is 1. The molecule has 4 rings (SSSR count). The molecular formula is C28H29FN2O4. The Hall–Kier alpha value is -3.71. The maximum absolute atomic E-state index is 14.2. The molecular weight excluding hydrogens is 447 g/mol. The van der Waals surface area contributed by atoms with Gasteiger partial charge < -0.3 is 19.6 Å². The van der Waals surface area contributed by atoms with Crippen LogP contribution in [0, 0.1) is 5.82 Å². The highest BCUT2D eigenvalue weighted by Crippen LogP contribution is 2.40. The quantitative estimate of drug-likeness (QED) is 0.289. The first-order chi connectivity index (χ1) is 16.9. The molecule has 6 nitrogen and oxygen atoms in total. The van der Waals surface area contributed by atoms with Crippen LogP contribution in [0.3, 0.4) is 0 Å². The van der Waals surface area contributed by atoms with Gasteiger partial charge in [-0.25, -0.2) is 4.39 Å². The minimum atomic E-state index is -0.882. The number of likely N-dealkylation sites (N-methyl/N-ethyl adjacent to an activating group) is 1. The summed E-state index contributed by atoms with van der Waals surface area (Å²) in [6.07, 6.45) is 0. The maximum atomic E-state index is 14.2. The van der Waals surface area contributed by atoms with Crippen molar-refractivity contribution in [1.29, 1.82) is 0 Å². The molecule has 0 spiro atoms. The average Bonchev–Trinajstić information content (AvgIpc) is 3.13. The molecule has 0 saturated carbocycles. The van der Waals surface area contributed by atoms with Crippen LogP contribution in [0.5, 0.6) is 5.75 Å². The van der Waals surface area contributed by atoms with Gasteiger partial charge in [-0.3, -0.25) is 9.59 Å². The Balaban J connectivity index is 1.81. The van der Waals surface area contributed by atoms with Gasteiger partial charge in [-0.1, -0.05) is 44.2 Å². The molecule has 1 N–H and O–H groups in total. The molecule has 0 aromatic heterocycles. The number of rotatable bonds is 8. The third kappa shape index (κ3) is 4.77. The predicted octanol–water partition coefficient (Wildman–Crippen LogP) is 4.75. The van der Waals surface area contributed by atoms with E-state index < -0.39 is 23.5 Å². The third-order valence-corrected chi connectivity index (χ3v) is 6.58. The summed E-state index contributed by atoms with van der Waals surface area (Å²) in [5, 5.41) is 13.1. The molecule has 1 fully saturated rings. The highest BCUT2D eigenvalue weighted by atomic mass is 19.1. The van der Waals surface area contributed by atoms with E-state index in [0.29, 0.717) is 23.4 Å². The zero-order valence-corrected chi connectivity index (χ0v) is 20.1. The number of likely N-dealkylation sites (tertiary alicyclic amines) is 1. The van der Waals surface area contributed by atoms with Crippen molar-refractivity contribution in [2.45, 2.75) is 19.9 Å². The number of carbonyl (C=O) groups is 2. The fourth-order valence-electron chi connectivity index (χ4n) is 4.58. The zero-order valence-electron chi connectivity index (χ0n) is 20.1. The lowest BCUT2D eigenvalue weighted by Gasteiger charge is -2.28. The number of ketones is 1. The van der Waals surface area contributed by atoms with Crippen molar-refractivity contribution >= 4 is 28.2 Å². The number of benzene rings is 3. The second-order valence-corrected chi connectivity index (χ2v) is 8.50. The fourth-order valence-corrected chi connectivity index (χ4v) is 4.58. The van der Waals surface area contributed by atoms with Crippen LogP contribution in [0.25, 0.3) is 16.5 Å². The summed E-state index contributed by atoms with van der Waals surface area (Å²) >= 11 is 0. The molecule has 1 aliphatic heterocycles. The van der Waals surface area contributed by atoms with Crippen LogP contribution in [0.1, 0.15) is 31.0 Å². The number of hydrogen-bond donors (Lipinski definition) is 1. The minimum absolute atomic E-state index is 0.0343. The summed E-state index contributed by atoms with van der Waals surface area (Å²) in [5.74, 6) is -1.51. The topological polar surface area (TPSA) is 70.1 Å². The molecule has 3 aromatic rings. The number of fused-ring (bicyclic) bond motifs is 1. The maximum Gasteiger partial charge on any atom is 0.295 e. The van der Waals surface area contributed by atoms with Crippen molar-refractivity contribution in [3.8, 4) is 5.75 Å². The third-order valence-electron chi connectivity index (χ3n) is 6.58. The van der Waals surface area contributed by atoms with Gasteiger partial charge in [0.05, 0.1) is 18.7 Å². The lowest BCUT2D eigenvalue weighted by atomic mass is 9.94. The number of halogens is 1. The molecule has 0 radical (unpaired) electrons.